The summed E-state index contributed by atoms with van der Waals surface area (Å²) in [5, 5.41) is 9.84. The van der Waals surface area contributed by atoms with Gasteiger partial charge < -0.3 is 4.74 Å². The first-order valence-electron chi connectivity index (χ1n) is 9.23. The molecule has 2 heterocycles. The fourth-order valence-electron chi connectivity index (χ4n) is 3.32. The van der Waals surface area contributed by atoms with Crippen molar-refractivity contribution in [3.63, 3.8) is 0 Å². The number of nitrogens with zero attached hydrogens (tertiary/aromatic N) is 2. The molecule has 0 saturated heterocycles. The number of anilines is 2. The molecule has 32 heavy (non-hydrogen) atoms. The number of methoxy groups -OCH3 is 1. The maximum absolute atomic E-state index is 13.2. The number of benzene rings is 2. The highest BCUT2D eigenvalue weighted by atomic mass is 35.5. The number of halogens is 1. The Morgan fingerprint density at radius 3 is 2.34 bits per heavy atom. The van der Waals surface area contributed by atoms with Gasteiger partial charge in [0.25, 0.3) is 28.0 Å². The summed E-state index contributed by atoms with van der Waals surface area (Å²) in [6, 6.07) is 10.2. The summed E-state index contributed by atoms with van der Waals surface area (Å²) in [6.07, 6.45) is 2.37. The second-order valence-electron chi connectivity index (χ2n) is 7.02. The van der Waals surface area contributed by atoms with Crippen molar-refractivity contribution in [2.45, 2.75) is 11.8 Å². The number of fused-ring (bicyclic) bond motifs is 1. The molecule has 0 atom stereocenters. The minimum atomic E-state index is -4.04. The molecule has 11 heteroatoms. The Morgan fingerprint density at radius 1 is 1.03 bits per heavy atom. The molecule has 2 N–H and O–H groups in total. The van der Waals surface area contributed by atoms with Gasteiger partial charge in [-0.25, -0.2) is 13.3 Å². The van der Waals surface area contributed by atoms with Crippen LogP contribution in [-0.2, 0) is 10.0 Å². The lowest BCUT2D eigenvalue weighted by Crippen LogP contribution is -2.35. The van der Waals surface area contributed by atoms with E-state index in [2.05, 4.69) is 4.72 Å². The van der Waals surface area contributed by atoms with Crippen LogP contribution in [0.5, 0.6) is 5.75 Å². The van der Waals surface area contributed by atoms with Gasteiger partial charge in [0, 0.05) is 10.8 Å². The minimum Gasteiger partial charge on any atom is -0.491 e. The minimum absolute atomic E-state index is 0.00505. The van der Waals surface area contributed by atoms with Gasteiger partial charge in [-0.1, -0.05) is 29.3 Å². The Hall–Kier alpha value is -3.63. The first kappa shape index (κ1) is 21.6. The quantitative estimate of drug-likeness (QED) is 0.333. The van der Waals surface area contributed by atoms with Crippen molar-refractivity contribution in [1.29, 1.82) is 0 Å². The van der Waals surface area contributed by atoms with E-state index in [9.17, 15) is 23.2 Å². The second-order valence-corrected chi connectivity index (χ2v) is 9.11. The Bertz CT molecular complexity index is 1370. The molecule has 0 spiro atoms. The first-order chi connectivity index (χ1) is 15.1. The van der Waals surface area contributed by atoms with Gasteiger partial charge in [0.1, 0.15) is 5.69 Å². The topological polar surface area (TPSA) is 117 Å². The zero-order chi connectivity index (χ0) is 23.2. The number of rotatable bonds is 5. The lowest BCUT2D eigenvalue weighted by Gasteiger charge is -2.13. The molecule has 0 aliphatic carbocycles. The number of carbonyl (C=O) groups excluding carboxylic acids is 2. The molecule has 4 rings (SSSR count). The highest BCUT2D eigenvalue weighted by Gasteiger charge is 2.42. The summed E-state index contributed by atoms with van der Waals surface area (Å²) >= 11 is 6.19. The molecule has 9 nitrogen and oxygen atoms in total. The van der Waals surface area contributed by atoms with Gasteiger partial charge in [-0.3, -0.25) is 19.5 Å². The van der Waals surface area contributed by atoms with Crippen LogP contribution in [0.1, 0.15) is 26.3 Å². The SMILES string of the molecule is COc1cc(N2C(=O)c3c(Cl)ccc(NS(=O)(=O)c4ccc(C)cc4)c3C2=O)c[n+](O)c1. The molecule has 164 valence electrons. The monoisotopic (exact) mass is 474 g/mol. The third-order valence-electron chi connectivity index (χ3n) is 4.87. The first-order valence-corrected chi connectivity index (χ1v) is 11.1. The van der Waals surface area contributed by atoms with Crippen LogP contribution in [0.25, 0.3) is 0 Å². The normalized spacial score (nSPS) is 13.3. The summed E-state index contributed by atoms with van der Waals surface area (Å²) in [5.41, 5.74) is 0.470. The summed E-state index contributed by atoms with van der Waals surface area (Å²) in [5.74, 6) is -1.38. The maximum Gasteiger partial charge on any atom is 0.268 e. The second kappa shape index (κ2) is 7.81. The fraction of sp³-hybridized carbons (Fsp3) is 0.0952. The summed E-state index contributed by atoms with van der Waals surface area (Å²) in [7, 11) is -2.69. The van der Waals surface area contributed by atoms with Gasteiger partial charge in [-0.15, -0.1) is 0 Å². The van der Waals surface area contributed by atoms with E-state index >= 15 is 0 Å². The highest BCUT2D eigenvalue weighted by molar-refractivity contribution is 7.92. The number of imide groups is 1. The average Bonchev–Trinajstić information content (AvgIpc) is 3.01. The van der Waals surface area contributed by atoms with Crippen LogP contribution >= 0.6 is 11.6 Å². The molecule has 0 unspecified atom stereocenters. The van der Waals surface area contributed by atoms with Crippen molar-refractivity contribution < 1.29 is 32.7 Å². The number of aromatic nitrogens is 1. The van der Waals surface area contributed by atoms with Crippen molar-refractivity contribution in [3.05, 3.63) is 76.6 Å². The van der Waals surface area contributed by atoms with Crippen molar-refractivity contribution in [2.75, 3.05) is 16.7 Å². The molecule has 0 fully saturated rings. The van der Waals surface area contributed by atoms with E-state index in [4.69, 9.17) is 16.3 Å². The molecule has 1 aromatic heterocycles. The number of carbonyl (C=O) groups is 2. The molecule has 0 radical (unpaired) electrons. The van der Waals surface area contributed by atoms with E-state index in [1.165, 1.54) is 43.6 Å². The number of ether oxygens (including phenoxy) is 1. The smallest absolute Gasteiger partial charge is 0.268 e. The summed E-state index contributed by atoms with van der Waals surface area (Å²) in [4.78, 5) is 27.1. The van der Waals surface area contributed by atoms with Crippen molar-refractivity contribution in [2.24, 2.45) is 0 Å². The van der Waals surface area contributed by atoms with E-state index in [0.717, 1.165) is 16.7 Å². The van der Waals surface area contributed by atoms with Crippen LogP contribution < -0.4 is 19.1 Å². The lowest BCUT2D eigenvalue weighted by atomic mass is 10.1. The van der Waals surface area contributed by atoms with Crippen molar-refractivity contribution >= 4 is 44.8 Å². The third kappa shape index (κ3) is 3.63. The third-order valence-corrected chi connectivity index (χ3v) is 6.57. The molecule has 1 aliphatic heterocycles. The predicted molar refractivity (Wildman–Crippen MR) is 115 cm³/mol. The standard InChI is InChI=1S/C21H16ClN3O6S/c1-12-3-5-15(6-4-12)32(29,30)23-17-8-7-16(22)18-19(17)21(27)25(20(18)26)13-9-14(31-2)11-24(28)10-13/h3-11H,1-2H3,(H-,23,27,28)/p+1. The van der Waals surface area contributed by atoms with Gasteiger partial charge in [-0.05, 0) is 31.2 Å². The van der Waals surface area contributed by atoms with E-state index in [1.807, 2.05) is 6.92 Å². The summed E-state index contributed by atoms with van der Waals surface area (Å²) in [6.45, 7) is 1.82. The van der Waals surface area contributed by atoms with E-state index in [-0.39, 0.29) is 38.2 Å². The number of nitrogens with one attached hydrogen (secondary N) is 1. The Labute approximate surface area is 188 Å². The number of amides is 2. The van der Waals surface area contributed by atoms with Gasteiger partial charge in [-0.2, -0.15) is 0 Å². The zero-order valence-electron chi connectivity index (χ0n) is 16.9. The molecule has 3 aromatic rings. The molecule has 2 amide bonds. The number of pyridine rings is 1. The van der Waals surface area contributed by atoms with Crippen LogP contribution in [-0.4, -0.2) is 32.5 Å². The van der Waals surface area contributed by atoms with E-state index in [1.54, 1.807) is 12.1 Å². The van der Waals surface area contributed by atoms with Crippen molar-refractivity contribution in [1.82, 2.24) is 0 Å². The molecule has 0 saturated carbocycles. The molecule has 2 aromatic carbocycles. The van der Waals surface area contributed by atoms with Gasteiger partial charge in [0.05, 0.1) is 33.8 Å². The predicted octanol–water partition coefficient (Wildman–Crippen LogP) is 2.78. The van der Waals surface area contributed by atoms with Crippen LogP contribution in [0, 0.1) is 6.92 Å². The van der Waals surface area contributed by atoms with Gasteiger partial charge in [0.2, 0.25) is 6.20 Å². The highest BCUT2D eigenvalue weighted by Crippen LogP contribution is 2.38. The molecular weight excluding hydrogens is 458 g/mol. The Balaban J connectivity index is 1.80. The molecule has 0 bridgehead atoms. The lowest BCUT2D eigenvalue weighted by molar-refractivity contribution is -0.904. The zero-order valence-corrected chi connectivity index (χ0v) is 18.4. The summed E-state index contributed by atoms with van der Waals surface area (Å²) < 4.78 is 33.8. The Morgan fingerprint density at radius 2 is 1.69 bits per heavy atom. The number of sulfonamides is 1. The van der Waals surface area contributed by atoms with Crippen LogP contribution in [0.2, 0.25) is 5.02 Å². The largest absolute Gasteiger partial charge is 0.491 e. The molecular formula is C21H17ClN3O6S+. The number of hydrogen-bond acceptors (Lipinski definition) is 6. The molecule has 1 aliphatic rings. The van der Waals surface area contributed by atoms with Gasteiger partial charge >= 0.3 is 0 Å². The van der Waals surface area contributed by atoms with Crippen LogP contribution in [0.4, 0.5) is 11.4 Å². The van der Waals surface area contributed by atoms with Crippen LogP contribution in [0.3, 0.4) is 0 Å². The average molecular weight is 475 g/mol. The van der Waals surface area contributed by atoms with E-state index < -0.39 is 21.8 Å². The maximum atomic E-state index is 13.2. The number of aryl methyl sites for hydroxylation is 1. The van der Waals surface area contributed by atoms with Crippen LogP contribution in [0.15, 0.2) is 59.8 Å². The Kier molecular flexibility index (Phi) is 5.27. The van der Waals surface area contributed by atoms with E-state index in [0.29, 0.717) is 4.73 Å². The van der Waals surface area contributed by atoms with Gasteiger partial charge in [0.15, 0.2) is 5.75 Å². The van der Waals surface area contributed by atoms with Crippen molar-refractivity contribution in [3.8, 4) is 5.75 Å². The number of hydrogen-bond donors (Lipinski definition) is 2. The fourth-order valence-corrected chi connectivity index (χ4v) is 4.63.